The van der Waals surface area contributed by atoms with Crippen molar-refractivity contribution in [3.8, 4) is 0 Å². The fourth-order valence-corrected chi connectivity index (χ4v) is 6.55. The Balaban J connectivity index is 1.56. The predicted molar refractivity (Wildman–Crippen MR) is 127 cm³/mol. The van der Waals surface area contributed by atoms with Crippen LogP contribution in [0.4, 0.5) is 5.82 Å². The van der Waals surface area contributed by atoms with E-state index in [9.17, 15) is 24.2 Å². The minimum Gasteiger partial charge on any atom is -0.387 e. The Morgan fingerprint density at radius 2 is 1.83 bits per heavy atom. The second-order valence-electron chi connectivity index (χ2n) is 8.27. The number of benzene rings is 1. The Morgan fingerprint density at radius 3 is 2.50 bits per heavy atom. The van der Waals surface area contributed by atoms with Crippen LogP contribution in [0.15, 0.2) is 36.7 Å². The van der Waals surface area contributed by atoms with E-state index in [1.165, 1.54) is 10.9 Å². The molecule has 36 heavy (non-hydrogen) atoms. The summed E-state index contributed by atoms with van der Waals surface area (Å²) in [7, 11) is -7.71. The summed E-state index contributed by atoms with van der Waals surface area (Å²) >= 11 is 6.17. The van der Waals surface area contributed by atoms with Crippen LogP contribution < -0.4 is 4.90 Å². The van der Waals surface area contributed by atoms with E-state index >= 15 is 0 Å². The molecule has 0 bridgehead atoms. The van der Waals surface area contributed by atoms with E-state index in [0.717, 1.165) is 5.56 Å². The molecular weight excluding hydrogens is 540 g/mol. The van der Waals surface area contributed by atoms with Gasteiger partial charge in [0.2, 0.25) is 5.28 Å². The van der Waals surface area contributed by atoms with E-state index in [-0.39, 0.29) is 10.9 Å². The van der Waals surface area contributed by atoms with Crippen LogP contribution in [0, 0.1) is 0 Å². The van der Waals surface area contributed by atoms with Crippen molar-refractivity contribution in [3.05, 3.63) is 47.5 Å². The van der Waals surface area contributed by atoms with Crippen molar-refractivity contribution in [2.75, 3.05) is 24.5 Å². The first-order valence-electron chi connectivity index (χ1n) is 10.5. The van der Waals surface area contributed by atoms with Gasteiger partial charge in [0.25, 0.3) is 0 Å². The van der Waals surface area contributed by atoms with Crippen molar-refractivity contribution < 1.29 is 43.3 Å². The van der Waals surface area contributed by atoms with Gasteiger partial charge in [0.1, 0.15) is 18.3 Å². The average Bonchev–Trinajstić information content (AvgIpc) is 3.31. The van der Waals surface area contributed by atoms with Crippen molar-refractivity contribution in [3.63, 3.8) is 0 Å². The molecule has 3 heterocycles. The first kappa shape index (κ1) is 27.1. The standard InChI is InChI=1S/C19H24ClN5O9P2/c1-24(7-11-5-3-2-4-6-11)16-13-17(23-19(20)22-16)25(9-21-13)18-15(27)14(26)12(34-18)8-33-36(31,32)10-35(28,29)30/h2-6,9,12,14-15,18,26-27H,7-8,10H2,1H3,(H,31,32)(H2,28,29,30)/t12-,14-,15-,18-/m1/s1. The molecule has 0 saturated carbocycles. The van der Waals surface area contributed by atoms with E-state index in [0.29, 0.717) is 17.9 Å². The van der Waals surface area contributed by atoms with Crippen molar-refractivity contribution in [2.45, 2.75) is 31.1 Å². The Morgan fingerprint density at radius 1 is 1.14 bits per heavy atom. The first-order valence-corrected chi connectivity index (χ1v) is 14.5. The SMILES string of the molecule is CN(Cc1ccccc1)c1nc(Cl)nc2c1ncn2[C@@H]1O[C@H](COP(=O)(O)CP(=O)(O)O)[C@@H](O)[C@H]1O. The molecule has 1 aliphatic rings. The van der Waals surface area contributed by atoms with Gasteiger partial charge in [0.05, 0.1) is 12.9 Å². The summed E-state index contributed by atoms with van der Waals surface area (Å²) in [5.74, 6) is -0.977. The maximum absolute atomic E-state index is 11.9. The summed E-state index contributed by atoms with van der Waals surface area (Å²) in [4.78, 5) is 42.1. The molecule has 5 N–H and O–H groups in total. The minimum atomic E-state index is -4.83. The summed E-state index contributed by atoms with van der Waals surface area (Å²) < 4.78 is 34.7. The molecule has 1 unspecified atom stereocenters. The Labute approximate surface area is 209 Å². The third kappa shape index (κ3) is 6.12. The Bertz CT molecular complexity index is 1320. The highest BCUT2D eigenvalue weighted by atomic mass is 35.5. The molecule has 2 aromatic heterocycles. The van der Waals surface area contributed by atoms with Gasteiger partial charge in [0.15, 0.2) is 29.1 Å². The molecule has 17 heteroatoms. The molecule has 196 valence electrons. The normalized spacial score (nSPS) is 24.2. The lowest BCUT2D eigenvalue weighted by Gasteiger charge is -2.20. The molecule has 4 rings (SSSR count). The van der Waals surface area contributed by atoms with E-state index < -0.39 is 52.2 Å². The smallest absolute Gasteiger partial charge is 0.340 e. The number of anilines is 1. The molecule has 3 aromatic rings. The topological polar surface area (TPSA) is 201 Å². The molecule has 1 aromatic carbocycles. The van der Waals surface area contributed by atoms with E-state index in [1.54, 1.807) is 7.05 Å². The summed E-state index contributed by atoms with van der Waals surface area (Å²) in [5.41, 5.74) is 1.57. The maximum atomic E-state index is 11.9. The number of imidazole rings is 1. The molecule has 1 fully saturated rings. The van der Waals surface area contributed by atoms with Crippen LogP contribution in [0.3, 0.4) is 0 Å². The summed E-state index contributed by atoms with van der Waals surface area (Å²) in [6.07, 6.45) is -4.27. The fourth-order valence-electron chi connectivity index (χ4n) is 3.82. The molecule has 0 radical (unpaired) electrons. The summed E-state index contributed by atoms with van der Waals surface area (Å²) in [6.45, 7) is -0.220. The molecule has 0 aliphatic carbocycles. The number of hydrogen-bond donors (Lipinski definition) is 5. The number of aromatic nitrogens is 4. The van der Waals surface area contributed by atoms with Crippen molar-refractivity contribution in [1.82, 2.24) is 19.5 Å². The van der Waals surface area contributed by atoms with Crippen molar-refractivity contribution in [2.24, 2.45) is 0 Å². The van der Waals surface area contributed by atoms with Crippen LogP contribution in [0.1, 0.15) is 11.8 Å². The fraction of sp³-hybridized carbons (Fsp3) is 0.421. The predicted octanol–water partition coefficient (Wildman–Crippen LogP) is 1.07. The third-order valence-corrected chi connectivity index (χ3v) is 9.04. The van der Waals surface area contributed by atoms with Crippen molar-refractivity contribution >= 4 is 43.8 Å². The average molecular weight is 564 g/mol. The largest absolute Gasteiger partial charge is 0.387 e. The number of nitrogens with zero attached hydrogens (tertiary/aromatic N) is 5. The molecule has 5 atom stereocenters. The number of aliphatic hydroxyl groups excluding tert-OH is 2. The van der Waals surface area contributed by atoms with Gasteiger partial charge in [-0.25, -0.2) is 4.98 Å². The number of aliphatic hydroxyl groups is 2. The minimum absolute atomic E-state index is 0.0919. The highest BCUT2D eigenvalue weighted by Crippen LogP contribution is 2.55. The van der Waals surface area contributed by atoms with Crippen LogP contribution in [0.25, 0.3) is 11.2 Å². The first-order chi connectivity index (χ1) is 16.8. The van der Waals surface area contributed by atoms with Gasteiger partial charge in [-0.1, -0.05) is 30.3 Å². The van der Waals surface area contributed by atoms with Gasteiger partial charge in [-0.15, -0.1) is 0 Å². The van der Waals surface area contributed by atoms with E-state index in [2.05, 4.69) is 15.0 Å². The van der Waals surface area contributed by atoms with Gasteiger partial charge in [-0.2, -0.15) is 9.97 Å². The quantitative estimate of drug-likeness (QED) is 0.183. The third-order valence-electron chi connectivity index (χ3n) is 5.41. The zero-order chi connectivity index (χ0) is 26.3. The molecule has 0 amide bonds. The highest BCUT2D eigenvalue weighted by Gasteiger charge is 2.45. The molecular formula is C19H24ClN5O9P2. The van der Waals surface area contributed by atoms with Gasteiger partial charge in [-0.3, -0.25) is 13.7 Å². The van der Waals surface area contributed by atoms with Gasteiger partial charge in [0, 0.05) is 13.6 Å². The molecule has 14 nitrogen and oxygen atoms in total. The molecule has 1 saturated heterocycles. The number of rotatable bonds is 9. The van der Waals surface area contributed by atoms with Crippen LogP contribution in [-0.2, 0) is 24.9 Å². The van der Waals surface area contributed by atoms with Gasteiger partial charge < -0.3 is 39.1 Å². The van der Waals surface area contributed by atoms with Crippen molar-refractivity contribution in [1.29, 1.82) is 0 Å². The summed E-state index contributed by atoms with van der Waals surface area (Å²) in [5, 5.41) is 20.9. The van der Waals surface area contributed by atoms with Crippen LogP contribution in [0.5, 0.6) is 0 Å². The number of halogens is 1. The number of hydrogen-bond acceptors (Lipinski definition) is 10. The lowest BCUT2D eigenvalue weighted by Crippen LogP contribution is -2.33. The lowest BCUT2D eigenvalue weighted by molar-refractivity contribution is -0.0483. The highest BCUT2D eigenvalue weighted by molar-refractivity contribution is 7.70. The van der Waals surface area contributed by atoms with Crippen LogP contribution in [-0.4, -0.2) is 82.3 Å². The van der Waals surface area contributed by atoms with Crippen LogP contribution >= 0.6 is 26.8 Å². The summed E-state index contributed by atoms with van der Waals surface area (Å²) in [6, 6.07) is 9.62. The number of fused-ring (bicyclic) bond motifs is 1. The van der Waals surface area contributed by atoms with Crippen LogP contribution in [0.2, 0.25) is 5.28 Å². The van der Waals surface area contributed by atoms with E-state index in [4.69, 9.17) is 30.6 Å². The molecule has 1 aliphatic heterocycles. The maximum Gasteiger partial charge on any atom is 0.340 e. The zero-order valence-corrected chi connectivity index (χ0v) is 21.3. The van der Waals surface area contributed by atoms with E-state index in [1.807, 2.05) is 35.2 Å². The number of ether oxygens (including phenoxy) is 1. The lowest BCUT2D eigenvalue weighted by atomic mass is 10.1. The Kier molecular flexibility index (Phi) is 7.84. The van der Waals surface area contributed by atoms with Gasteiger partial charge >= 0.3 is 15.2 Å². The monoisotopic (exact) mass is 563 g/mol. The molecule has 0 spiro atoms. The van der Waals surface area contributed by atoms with Gasteiger partial charge in [-0.05, 0) is 17.2 Å². The Hall–Kier alpha value is -1.96. The second-order valence-corrected chi connectivity index (χ2v) is 12.6. The second kappa shape index (κ2) is 10.4. The zero-order valence-electron chi connectivity index (χ0n) is 18.8.